The van der Waals surface area contributed by atoms with Gasteiger partial charge in [-0.25, -0.2) is 0 Å². The Morgan fingerprint density at radius 3 is 2.37 bits per heavy atom. The van der Waals surface area contributed by atoms with Gasteiger partial charge in [-0.1, -0.05) is 6.07 Å². The molecule has 3 aromatic rings. The molecular formula is C25H22O10. The Kier molecular flexibility index (Phi) is 5.34. The fraction of sp³-hybridized carbons (Fsp3) is 0.240. The van der Waals surface area contributed by atoms with Gasteiger partial charge in [0.1, 0.15) is 28.9 Å². The van der Waals surface area contributed by atoms with Gasteiger partial charge in [0.05, 0.1) is 19.6 Å². The number of Topliss-reactive ketones (excluding diaryl/α,β-unsaturated/α-hetero) is 1. The third-order valence-electron chi connectivity index (χ3n) is 6.31. The van der Waals surface area contributed by atoms with E-state index in [0.717, 1.165) is 12.1 Å². The second-order valence-corrected chi connectivity index (χ2v) is 8.40. The first kappa shape index (κ1) is 22.6. The van der Waals surface area contributed by atoms with Crippen LogP contribution in [-0.4, -0.2) is 56.2 Å². The van der Waals surface area contributed by atoms with Gasteiger partial charge in [0.15, 0.2) is 35.2 Å². The molecule has 0 unspecified atom stereocenters. The summed E-state index contributed by atoms with van der Waals surface area (Å²) in [5.41, 5.74) is 0.976. The summed E-state index contributed by atoms with van der Waals surface area (Å²) in [5.74, 6) is -2.45. The predicted octanol–water partition coefficient (Wildman–Crippen LogP) is 2.40. The second kappa shape index (κ2) is 8.26. The van der Waals surface area contributed by atoms with Crippen LogP contribution in [0.15, 0.2) is 42.5 Å². The van der Waals surface area contributed by atoms with E-state index < -0.39 is 35.8 Å². The van der Waals surface area contributed by atoms with Gasteiger partial charge in [-0.05, 0) is 35.4 Å². The highest BCUT2D eigenvalue weighted by Gasteiger charge is 2.42. The average Bonchev–Trinajstić information content (AvgIpc) is 3.20. The fourth-order valence-electron chi connectivity index (χ4n) is 4.63. The molecular weight excluding hydrogens is 460 g/mol. The first-order valence-electron chi connectivity index (χ1n) is 10.7. The van der Waals surface area contributed by atoms with Crippen LogP contribution < -0.4 is 14.2 Å². The third-order valence-corrected chi connectivity index (χ3v) is 6.31. The number of carbonyl (C=O) groups excluding carboxylic acids is 1. The molecule has 35 heavy (non-hydrogen) atoms. The van der Waals surface area contributed by atoms with Gasteiger partial charge in [-0.15, -0.1) is 0 Å². The lowest BCUT2D eigenvalue weighted by molar-refractivity contribution is 0.0209. The minimum atomic E-state index is -1.71. The maximum Gasteiger partial charge on any atom is 0.202 e. The number of phenolic OH excluding ortho intramolecular Hbond substituents is 4. The molecule has 0 fully saturated rings. The summed E-state index contributed by atoms with van der Waals surface area (Å²) in [7, 11) is 1.40. The fourth-order valence-corrected chi connectivity index (χ4v) is 4.63. The smallest absolute Gasteiger partial charge is 0.202 e. The van der Waals surface area contributed by atoms with Crippen molar-refractivity contribution < 1.29 is 49.6 Å². The molecule has 0 aromatic heterocycles. The summed E-state index contributed by atoms with van der Waals surface area (Å²) in [6, 6.07) is 9.56. The number of aliphatic hydroxyl groups excluding tert-OH is 2. The molecule has 0 aliphatic carbocycles. The number of hydrogen-bond acceptors (Lipinski definition) is 10. The van der Waals surface area contributed by atoms with Gasteiger partial charge in [0.25, 0.3) is 0 Å². The minimum Gasteiger partial charge on any atom is -0.508 e. The van der Waals surface area contributed by atoms with Crippen LogP contribution in [0.4, 0.5) is 0 Å². The highest BCUT2D eigenvalue weighted by Crippen LogP contribution is 2.52. The summed E-state index contributed by atoms with van der Waals surface area (Å²) in [6.07, 6.45) is -3.69. The van der Waals surface area contributed by atoms with Crippen LogP contribution >= 0.6 is 0 Å². The molecule has 10 nitrogen and oxygen atoms in total. The Labute approximate surface area is 198 Å². The molecule has 2 heterocycles. The van der Waals surface area contributed by atoms with E-state index in [9.17, 15) is 35.4 Å². The zero-order valence-electron chi connectivity index (χ0n) is 18.4. The van der Waals surface area contributed by atoms with Crippen LogP contribution in [0.1, 0.15) is 45.2 Å². The van der Waals surface area contributed by atoms with Crippen molar-refractivity contribution in [2.45, 2.75) is 24.2 Å². The molecule has 4 atom stereocenters. The van der Waals surface area contributed by atoms with Crippen LogP contribution in [0, 0.1) is 0 Å². The zero-order valence-corrected chi connectivity index (χ0v) is 18.4. The number of rotatable bonds is 4. The molecule has 0 radical (unpaired) electrons. The molecule has 0 bridgehead atoms. The molecule has 3 aromatic carbocycles. The zero-order chi connectivity index (χ0) is 25.0. The lowest BCUT2D eigenvalue weighted by Crippen LogP contribution is -2.36. The van der Waals surface area contributed by atoms with Crippen LogP contribution in [0.2, 0.25) is 0 Å². The van der Waals surface area contributed by atoms with E-state index in [2.05, 4.69) is 0 Å². The number of aromatic hydroxyl groups is 4. The molecule has 6 N–H and O–H groups in total. The largest absolute Gasteiger partial charge is 0.508 e. The molecule has 0 amide bonds. The van der Waals surface area contributed by atoms with Crippen molar-refractivity contribution in [3.8, 4) is 40.2 Å². The number of phenols is 4. The highest BCUT2D eigenvalue weighted by atomic mass is 16.5. The summed E-state index contributed by atoms with van der Waals surface area (Å²) >= 11 is 0. The van der Waals surface area contributed by atoms with Crippen molar-refractivity contribution in [1.82, 2.24) is 0 Å². The second-order valence-electron chi connectivity index (χ2n) is 8.40. The Morgan fingerprint density at radius 1 is 0.886 bits per heavy atom. The maximum atomic E-state index is 12.8. The standard InChI is InChI=1S/C25H22O10/c1-33-18-6-10(2-3-15(18)28)23-14(9-26)13-4-11(5-17(30)25(13)35-23)24-22(32)21(31)20-16(29)7-12(27)8-19(20)34-24/h2-8,14,22-24,26-30,32H,9H2,1H3/t14-,22+,23+,24+/m0/s1. The van der Waals surface area contributed by atoms with E-state index in [1.54, 1.807) is 18.2 Å². The Bertz CT molecular complexity index is 1330. The lowest BCUT2D eigenvalue weighted by Gasteiger charge is -2.30. The number of methoxy groups -OCH3 is 1. The van der Waals surface area contributed by atoms with Crippen LogP contribution in [0.5, 0.6) is 40.2 Å². The van der Waals surface area contributed by atoms with Crippen molar-refractivity contribution in [1.29, 1.82) is 0 Å². The molecule has 10 heteroatoms. The van der Waals surface area contributed by atoms with Gasteiger partial charge in [0.2, 0.25) is 5.78 Å². The molecule has 0 saturated heterocycles. The van der Waals surface area contributed by atoms with Crippen LogP contribution in [-0.2, 0) is 0 Å². The van der Waals surface area contributed by atoms with E-state index in [1.165, 1.54) is 19.2 Å². The van der Waals surface area contributed by atoms with E-state index in [0.29, 0.717) is 11.1 Å². The number of ketones is 1. The maximum absolute atomic E-state index is 12.8. The molecule has 5 rings (SSSR count). The SMILES string of the molecule is COc1cc([C@H]2Oc3c(O)cc([C@H]4Oc5cc(O)cc(O)c5C(=O)[C@H]4O)cc3[C@@H]2CO)ccc1O. The topological polar surface area (TPSA) is 166 Å². The Balaban J connectivity index is 1.54. The minimum absolute atomic E-state index is 0.0668. The number of ether oxygens (including phenoxy) is 3. The molecule has 0 spiro atoms. The van der Waals surface area contributed by atoms with Crippen LogP contribution in [0.25, 0.3) is 0 Å². The van der Waals surface area contributed by atoms with Crippen molar-refractivity contribution in [3.05, 3.63) is 64.7 Å². The predicted molar refractivity (Wildman–Crippen MR) is 119 cm³/mol. The van der Waals surface area contributed by atoms with Crippen molar-refractivity contribution in [3.63, 3.8) is 0 Å². The number of carbonyl (C=O) groups is 1. The van der Waals surface area contributed by atoms with Crippen molar-refractivity contribution >= 4 is 5.78 Å². The van der Waals surface area contributed by atoms with E-state index in [-0.39, 0.29) is 52.2 Å². The Hall–Kier alpha value is -4.15. The summed E-state index contributed by atoms with van der Waals surface area (Å²) < 4.78 is 16.9. The third kappa shape index (κ3) is 3.54. The van der Waals surface area contributed by atoms with Crippen molar-refractivity contribution in [2.24, 2.45) is 0 Å². The number of fused-ring (bicyclic) bond motifs is 2. The van der Waals surface area contributed by atoms with Gasteiger partial charge >= 0.3 is 0 Å². The monoisotopic (exact) mass is 482 g/mol. The van der Waals surface area contributed by atoms with E-state index in [4.69, 9.17) is 14.2 Å². The normalized spacial score (nSPS) is 22.7. The van der Waals surface area contributed by atoms with Gasteiger partial charge < -0.3 is 44.8 Å². The van der Waals surface area contributed by atoms with E-state index >= 15 is 0 Å². The van der Waals surface area contributed by atoms with Crippen LogP contribution in [0.3, 0.4) is 0 Å². The number of hydrogen-bond donors (Lipinski definition) is 6. The average molecular weight is 482 g/mol. The Morgan fingerprint density at radius 2 is 1.66 bits per heavy atom. The molecule has 2 aliphatic heterocycles. The molecule has 2 aliphatic rings. The summed E-state index contributed by atoms with van der Waals surface area (Å²) in [5, 5.41) is 61.3. The molecule has 0 saturated carbocycles. The van der Waals surface area contributed by atoms with Gasteiger partial charge in [-0.3, -0.25) is 4.79 Å². The highest BCUT2D eigenvalue weighted by molar-refractivity contribution is 6.05. The first-order valence-corrected chi connectivity index (χ1v) is 10.7. The van der Waals surface area contributed by atoms with Gasteiger partial charge in [0, 0.05) is 17.7 Å². The van der Waals surface area contributed by atoms with Gasteiger partial charge in [-0.2, -0.15) is 0 Å². The number of benzene rings is 3. The van der Waals surface area contributed by atoms with E-state index in [1.807, 2.05) is 0 Å². The summed E-state index contributed by atoms with van der Waals surface area (Å²) in [6.45, 7) is -0.360. The first-order chi connectivity index (χ1) is 16.7. The molecule has 182 valence electrons. The lowest BCUT2D eigenvalue weighted by atomic mass is 9.87. The van der Waals surface area contributed by atoms with Crippen molar-refractivity contribution in [2.75, 3.05) is 13.7 Å². The quantitative estimate of drug-likeness (QED) is 0.325. The summed E-state index contributed by atoms with van der Waals surface area (Å²) in [4.78, 5) is 12.8. The number of aliphatic hydroxyl groups is 2.